The predicted molar refractivity (Wildman–Crippen MR) is 111 cm³/mol. The van der Waals surface area contributed by atoms with Crippen LogP contribution in [0.15, 0.2) is 47.4 Å². The van der Waals surface area contributed by atoms with Crippen LogP contribution in [0.3, 0.4) is 0 Å². The topological polar surface area (TPSA) is 84.9 Å². The van der Waals surface area contributed by atoms with Crippen LogP contribution in [0, 0.1) is 6.92 Å². The van der Waals surface area contributed by atoms with E-state index in [4.69, 9.17) is 9.47 Å². The fraction of sp³-hybridized carbons (Fsp3) is 0.381. The zero-order valence-corrected chi connectivity index (χ0v) is 17.5. The molecular formula is C21H26N2O5S. The van der Waals surface area contributed by atoms with Gasteiger partial charge in [0.25, 0.3) is 5.91 Å². The number of hydrogen-bond acceptors (Lipinski definition) is 5. The van der Waals surface area contributed by atoms with Gasteiger partial charge in [0.1, 0.15) is 5.75 Å². The lowest BCUT2D eigenvalue weighted by atomic mass is 10.1. The van der Waals surface area contributed by atoms with E-state index in [0.29, 0.717) is 32.1 Å². The van der Waals surface area contributed by atoms with Crippen LogP contribution < -0.4 is 10.1 Å². The van der Waals surface area contributed by atoms with Crippen molar-refractivity contribution in [3.05, 3.63) is 53.6 Å². The van der Waals surface area contributed by atoms with E-state index >= 15 is 0 Å². The van der Waals surface area contributed by atoms with Crippen LogP contribution in [-0.4, -0.2) is 51.5 Å². The standard InChI is InChI=1S/C21H26N2O5S/c1-3-17-6-4-5-16(2)21(17)22-20(24)15-28-18-7-9-19(10-8-18)29(25,26)23-11-13-27-14-12-23/h4-10H,3,11-15H2,1-2H3,(H,22,24). The molecule has 156 valence electrons. The molecule has 0 bridgehead atoms. The quantitative estimate of drug-likeness (QED) is 0.747. The predicted octanol–water partition coefficient (Wildman–Crippen LogP) is 2.60. The van der Waals surface area contributed by atoms with Gasteiger partial charge in [-0.25, -0.2) is 8.42 Å². The number of carbonyl (C=O) groups is 1. The molecule has 1 fully saturated rings. The van der Waals surface area contributed by atoms with Gasteiger partial charge in [-0.1, -0.05) is 25.1 Å². The molecule has 3 rings (SSSR count). The molecule has 2 aromatic carbocycles. The number of nitrogens with zero attached hydrogens (tertiary/aromatic N) is 1. The van der Waals surface area contributed by atoms with E-state index < -0.39 is 10.0 Å². The van der Waals surface area contributed by atoms with Gasteiger partial charge in [-0.2, -0.15) is 4.31 Å². The second kappa shape index (κ2) is 9.39. The highest BCUT2D eigenvalue weighted by Gasteiger charge is 2.26. The number of ether oxygens (including phenoxy) is 2. The normalized spacial score (nSPS) is 15.1. The number of anilines is 1. The zero-order chi connectivity index (χ0) is 20.9. The fourth-order valence-corrected chi connectivity index (χ4v) is 4.58. The maximum Gasteiger partial charge on any atom is 0.262 e. The minimum absolute atomic E-state index is 0.160. The molecule has 1 N–H and O–H groups in total. The van der Waals surface area contributed by atoms with Crippen molar-refractivity contribution in [1.82, 2.24) is 4.31 Å². The third kappa shape index (κ3) is 5.14. The van der Waals surface area contributed by atoms with Gasteiger partial charge in [-0.15, -0.1) is 0 Å². The van der Waals surface area contributed by atoms with E-state index in [1.54, 1.807) is 12.1 Å². The Morgan fingerprint density at radius 1 is 1.14 bits per heavy atom. The first-order chi connectivity index (χ1) is 13.9. The maximum absolute atomic E-state index is 12.6. The Labute approximate surface area is 171 Å². The Balaban J connectivity index is 1.60. The van der Waals surface area contributed by atoms with Gasteiger partial charge in [-0.05, 0) is 48.7 Å². The summed E-state index contributed by atoms with van der Waals surface area (Å²) in [5.74, 6) is 0.167. The number of amides is 1. The fourth-order valence-electron chi connectivity index (χ4n) is 3.17. The molecule has 0 spiro atoms. The van der Waals surface area contributed by atoms with Crippen molar-refractivity contribution in [1.29, 1.82) is 0 Å². The second-order valence-corrected chi connectivity index (χ2v) is 8.73. The molecule has 8 heteroatoms. The molecule has 2 aromatic rings. The molecule has 1 saturated heterocycles. The van der Waals surface area contributed by atoms with Crippen molar-refractivity contribution >= 4 is 21.6 Å². The molecule has 1 amide bonds. The summed E-state index contributed by atoms with van der Waals surface area (Å²) in [5, 5.41) is 2.90. The molecule has 0 atom stereocenters. The molecule has 0 radical (unpaired) electrons. The summed E-state index contributed by atoms with van der Waals surface area (Å²) in [4.78, 5) is 12.5. The molecule has 1 aliphatic rings. The largest absolute Gasteiger partial charge is 0.484 e. The Morgan fingerprint density at radius 3 is 2.48 bits per heavy atom. The summed E-state index contributed by atoms with van der Waals surface area (Å²) in [7, 11) is -3.54. The SMILES string of the molecule is CCc1cccc(C)c1NC(=O)COc1ccc(S(=O)(=O)N2CCOCC2)cc1. The number of sulfonamides is 1. The first-order valence-electron chi connectivity index (χ1n) is 9.61. The Bertz CT molecular complexity index is 952. The van der Waals surface area contributed by atoms with E-state index in [-0.39, 0.29) is 17.4 Å². The molecule has 1 aliphatic heterocycles. The van der Waals surface area contributed by atoms with E-state index in [0.717, 1.165) is 23.2 Å². The number of rotatable bonds is 7. The lowest BCUT2D eigenvalue weighted by molar-refractivity contribution is -0.118. The van der Waals surface area contributed by atoms with Crippen LogP contribution in [0.5, 0.6) is 5.75 Å². The maximum atomic E-state index is 12.6. The number of carbonyl (C=O) groups excluding carboxylic acids is 1. The lowest BCUT2D eigenvalue weighted by Crippen LogP contribution is -2.40. The van der Waals surface area contributed by atoms with Gasteiger partial charge in [0.05, 0.1) is 18.1 Å². The van der Waals surface area contributed by atoms with E-state index in [1.165, 1.54) is 16.4 Å². The number of para-hydroxylation sites is 1. The van der Waals surface area contributed by atoms with Crippen LogP contribution in [0.2, 0.25) is 0 Å². The summed E-state index contributed by atoms with van der Waals surface area (Å²) in [5.41, 5.74) is 2.88. The van der Waals surface area contributed by atoms with Gasteiger partial charge in [-0.3, -0.25) is 4.79 Å². The third-order valence-corrected chi connectivity index (χ3v) is 6.72. The number of benzene rings is 2. The molecule has 0 aliphatic carbocycles. The van der Waals surface area contributed by atoms with Crippen LogP contribution in [-0.2, 0) is 26.0 Å². The number of nitrogens with one attached hydrogen (secondary N) is 1. The molecular weight excluding hydrogens is 392 g/mol. The van der Waals surface area contributed by atoms with Gasteiger partial charge in [0.15, 0.2) is 6.61 Å². The lowest BCUT2D eigenvalue weighted by Gasteiger charge is -2.26. The molecule has 0 saturated carbocycles. The Hall–Kier alpha value is -2.42. The molecule has 0 unspecified atom stereocenters. The average molecular weight is 419 g/mol. The minimum Gasteiger partial charge on any atom is -0.484 e. The summed E-state index contributed by atoms with van der Waals surface area (Å²) in [6, 6.07) is 12.0. The average Bonchev–Trinajstić information content (AvgIpc) is 2.74. The van der Waals surface area contributed by atoms with Crippen LogP contribution in [0.25, 0.3) is 0 Å². The minimum atomic E-state index is -3.54. The van der Waals surface area contributed by atoms with E-state index in [1.807, 2.05) is 32.0 Å². The molecule has 29 heavy (non-hydrogen) atoms. The van der Waals surface area contributed by atoms with Gasteiger partial charge >= 0.3 is 0 Å². The van der Waals surface area contributed by atoms with Crippen molar-refractivity contribution in [2.45, 2.75) is 25.2 Å². The van der Waals surface area contributed by atoms with Crippen molar-refractivity contribution < 1.29 is 22.7 Å². The smallest absolute Gasteiger partial charge is 0.262 e. The van der Waals surface area contributed by atoms with E-state index in [9.17, 15) is 13.2 Å². The molecule has 1 heterocycles. The van der Waals surface area contributed by atoms with Crippen LogP contribution in [0.4, 0.5) is 5.69 Å². The van der Waals surface area contributed by atoms with Gasteiger partial charge < -0.3 is 14.8 Å². The van der Waals surface area contributed by atoms with Crippen molar-refractivity contribution in [2.75, 3.05) is 38.2 Å². The summed E-state index contributed by atoms with van der Waals surface area (Å²) >= 11 is 0. The summed E-state index contributed by atoms with van der Waals surface area (Å²) in [6.07, 6.45) is 0.817. The first kappa shape index (κ1) is 21.3. The van der Waals surface area contributed by atoms with Gasteiger partial charge in [0, 0.05) is 18.8 Å². The van der Waals surface area contributed by atoms with Crippen molar-refractivity contribution in [3.63, 3.8) is 0 Å². The van der Waals surface area contributed by atoms with E-state index in [2.05, 4.69) is 5.32 Å². The number of hydrogen-bond donors (Lipinski definition) is 1. The number of aryl methyl sites for hydroxylation is 2. The summed E-state index contributed by atoms with van der Waals surface area (Å²) in [6.45, 7) is 5.31. The van der Waals surface area contributed by atoms with Crippen LogP contribution in [0.1, 0.15) is 18.1 Å². The van der Waals surface area contributed by atoms with Gasteiger partial charge in [0.2, 0.25) is 10.0 Å². The third-order valence-electron chi connectivity index (χ3n) is 4.81. The first-order valence-corrected chi connectivity index (χ1v) is 11.0. The monoisotopic (exact) mass is 418 g/mol. The van der Waals surface area contributed by atoms with Crippen molar-refractivity contribution in [3.8, 4) is 5.75 Å². The molecule has 7 nitrogen and oxygen atoms in total. The Morgan fingerprint density at radius 2 is 1.83 bits per heavy atom. The molecule has 0 aromatic heterocycles. The Kier molecular flexibility index (Phi) is 6.89. The highest BCUT2D eigenvalue weighted by Crippen LogP contribution is 2.22. The number of morpholine rings is 1. The van der Waals surface area contributed by atoms with Crippen molar-refractivity contribution in [2.24, 2.45) is 0 Å². The zero-order valence-electron chi connectivity index (χ0n) is 16.7. The highest BCUT2D eigenvalue weighted by atomic mass is 32.2. The summed E-state index contributed by atoms with van der Waals surface area (Å²) < 4.78 is 37.4. The highest BCUT2D eigenvalue weighted by molar-refractivity contribution is 7.89. The second-order valence-electron chi connectivity index (χ2n) is 6.79. The van der Waals surface area contributed by atoms with Crippen LogP contribution >= 0.6 is 0 Å².